The third-order valence-electron chi connectivity index (χ3n) is 3.16. The molecule has 0 saturated carbocycles. The summed E-state index contributed by atoms with van der Waals surface area (Å²) in [5, 5.41) is 0.754. The first-order valence-corrected chi connectivity index (χ1v) is 7.68. The van der Waals surface area contributed by atoms with Crippen LogP contribution < -0.4 is 4.90 Å². The van der Waals surface area contributed by atoms with Gasteiger partial charge < -0.3 is 18.8 Å². The predicted octanol–water partition coefficient (Wildman–Crippen LogP) is 2.33. The summed E-state index contributed by atoms with van der Waals surface area (Å²) < 4.78 is 12.5. The largest absolute Gasteiger partial charge is 0.383 e. The third kappa shape index (κ3) is 3.31. The van der Waals surface area contributed by atoms with Crippen LogP contribution in [0.15, 0.2) is 24.4 Å². The first-order chi connectivity index (χ1) is 9.81. The summed E-state index contributed by atoms with van der Waals surface area (Å²) in [5.74, 6) is 0.988. The molecule has 0 fully saturated rings. The molecule has 0 aliphatic heterocycles. The summed E-state index contributed by atoms with van der Waals surface area (Å²) in [6.07, 6.45) is 2.03. The van der Waals surface area contributed by atoms with E-state index in [0.717, 1.165) is 35.6 Å². The van der Waals surface area contributed by atoms with E-state index in [1.54, 1.807) is 14.2 Å². The van der Waals surface area contributed by atoms with Gasteiger partial charge in [0, 0.05) is 38.8 Å². The van der Waals surface area contributed by atoms with E-state index >= 15 is 0 Å². The van der Waals surface area contributed by atoms with E-state index in [1.807, 2.05) is 24.4 Å². The lowest BCUT2D eigenvalue weighted by molar-refractivity contribution is 0.190. The topological polar surface area (TPSA) is 39.0 Å². The van der Waals surface area contributed by atoms with Gasteiger partial charge in [-0.15, -0.1) is 0 Å². The van der Waals surface area contributed by atoms with Gasteiger partial charge in [0.05, 0.1) is 18.9 Å². The second-order valence-corrected chi connectivity index (χ2v) is 4.98. The van der Waals surface area contributed by atoms with Crippen LogP contribution in [0.25, 0.3) is 5.65 Å². The molecule has 6 heteroatoms. The fourth-order valence-electron chi connectivity index (χ4n) is 2.14. The van der Waals surface area contributed by atoms with Gasteiger partial charge in [-0.25, -0.2) is 4.98 Å². The molecule has 0 amide bonds. The normalized spacial score (nSPS) is 11.2. The molecule has 0 N–H and O–H groups in total. The van der Waals surface area contributed by atoms with Crippen molar-refractivity contribution in [2.45, 2.75) is 5.33 Å². The van der Waals surface area contributed by atoms with Crippen LogP contribution >= 0.6 is 15.9 Å². The van der Waals surface area contributed by atoms with Crippen LogP contribution in [0.3, 0.4) is 0 Å². The summed E-state index contributed by atoms with van der Waals surface area (Å²) in [5.41, 5.74) is 2.10. The maximum Gasteiger partial charge on any atom is 0.152 e. The summed E-state index contributed by atoms with van der Waals surface area (Å²) in [4.78, 5) is 6.94. The number of nitrogens with zero attached hydrogens (tertiary/aromatic N) is 3. The van der Waals surface area contributed by atoms with Crippen molar-refractivity contribution in [2.75, 3.05) is 45.4 Å². The Balaban J connectivity index is 2.35. The Morgan fingerprint density at radius 3 is 2.50 bits per heavy atom. The van der Waals surface area contributed by atoms with Crippen molar-refractivity contribution < 1.29 is 9.47 Å². The van der Waals surface area contributed by atoms with Gasteiger partial charge in [-0.3, -0.25) is 0 Å². The third-order valence-corrected chi connectivity index (χ3v) is 3.70. The molecular weight excluding hydrogens is 322 g/mol. The van der Waals surface area contributed by atoms with Crippen LogP contribution in [-0.2, 0) is 14.8 Å². The predicted molar refractivity (Wildman–Crippen MR) is 83.8 cm³/mol. The van der Waals surface area contributed by atoms with E-state index in [-0.39, 0.29) is 0 Å². The Morgan fingerprint density at radius 2 is 1.90 bits per heavy atom. The summed E-state index contributed by atoms with van der Waals surface area (Å²) in [6, 6.07) is 6.03. The van der Waals surface area contributed by atoms with Crippen molar-refractivity contribution in [3.63, 3.8) is 0 Å². The molecule has 5 nitrogen and oxygen atoms in total. The molecule has 2 rings (SSSR count). The highest BCUT2D eigenvalue weighted by molar-refractivity contribution is 9.08. The number of methoxy groups -OCH3 is 2. The second kappa shape index (κ2) is 7.61. The van der Waals surface area contributed by atoms with Gasteiger partial charge in [0.1, 0.15) is 5.65 Å². The number of hydrogen-bond acceptors (Lipinski definition) is 4. The maximum atomic E-state index is 5.19. The Hall–Kier alpha value is -1.11. The Bertz CT molecular complexity index is 536. The number of ether oxygens (including phenoxy) is 2. The molecule has 20 heavy (non-hydrogen) atoms. The lowest BCUT2D eigenvalue weighted by atomic mass is 10.4. The minimum absolute atomic E-state index is 0.666. The Labute approximate surface area is 127 Å². The molecule has 2 aromatic rings. The minimum atomic E-state index is 0.666. The molecule has 0 spiro atoms. The van der Waals surface area contributed by atoms with E-state index in [4.69, 9.17) is 14.5 Å². The number of pyridine rings is 1. The van der Waals surface area contributed by atoms with E-state index in [0.29, 0.717) is 13.2 Å². The van der Waals surface area contributed by atoms with Gasteiger partial charge in [-0.05, 0) is 12.1 Å². The number of imidazole rings is 1. The Kier molecular flexibility index (Phi) is 5.82. The molecule has 0 aliphatic carbocycles. The van der Waals surface area contributed by atoms with Crippen molar-refractivity contribution in [1.82, 2.24) is 9.38 Å². The molecule has 0 bridgehead atoms. The lowest BCUT2D eigenvalue weighted by Crippen LogP contribution is -2.31. The van der Waals surface area contributed by atoms with Crippen molar-refractivity contribution in [1.29, 1.82) is 0 Å². The number of aromatic nitrogens is 2. The van der Waals surface area contributed by atoms with Crippen molar-refractivity contribution in [3.05, 3.63) is 30.1 Å². The molecule has 0 unspecified atom stereocenters. The molecule has 110 valence electrons. The average molecular weight is 342 g/mol. The molecule has 2 aromatic heterocycles. The standard InChI is InChI=1S/C14H20BrN3O2/c1-19-9-7-17(8-10-20-2)14-12(11-15)18-6-4-3-5-13(18)16-14/h3-6H,7-11H2,1-2H3. The minimum Gasteiger partial charge on any atom is -0.383 e. The molecular formula is C14H20BrN3O2. The summed E-state index contributed by atoms with van der Waals surface area (Å²) in [6.45, 7) is 2.92. The molecule has 0 aromatic carbocycles. The zero-order valence-electron chi connectivity index (χ0n) is 11.9. The van der Waals surface area contributed by atoms with Gasteiger partial charge in [0.15, 0.2) is 5.82 Å². The van der Waals surface area contributed by atoms with Gasteiger partial charge >= 0.3 is 0 Å². The van der Waals surface area contributed by atoms with E-state index in [2.05, 4.69) is 25.2 Å². The van der Waals surface area contributed by atoms with Crippen LogP contribution in [0.1, 0.15) is 5.69 Å². The molecule has 0 radical (unpaired) electrons. The number of hydrogen-bond donors (Lipinski definition) is 0. The molecule has 2 heterocycles. The van der Waals surface area contributed by atoms with Crippen molar-refractivity contribution in [2.24, 2.45) is 0 Å². The summed E-state index contributed by atoms with van der Waals surface area (Å²) in [7, 11) is 3.42. The van der Waals surface area contributed by atoms with Crippen LogP contribution in [-0.4, -0.2) is 49.9 Å². The van der Waals surface area contributed by atoms with E-state index < -0.39 is 0 Å². The first kappa shape index (κ1) is 15.3. The van der Waals surface area contributed by atoms with Crippen LogP contribution in [0.4, 0.5) is 5.82 Å². The van der Waals surface area contributed by atoms with Crippen molar-refractivity contribution in [3.8, 4) is 0 Å². The zero-order valence-corrected chi connectivity index (χ0v) is 13.5. The lowest BCUT2D eigenvalue weighted by Gasteiger charge is -2.22. The van der Waals surface area contributed by atoms with E-state index in [9.17, 15) is 0 Å². The highest BCUT2D eigenvalue weighted by atomic mass is 79.9. The highest BCUT2D eigenvalue weighted by Gasteiger charge is 2.17. The number of fused-ring (bicyclic) bond motifs is 1. The van der Waals surface area contributed by atoms with Crippen LogP contribution in [0, 0.1) is 0 Å². The second-order valence-electron chi connectivity index (χ2n) is 4.42. The molecule has 0 saturated heterocycles. The van der Waals surface area contributed by atoms with Crippen LogP contribution in [0.5, 0.6) is 0 Å². The fraction of sp³-hybridized carbons (Fsp3) is 0.500. The molecule has 0 atom stereocenters. The number of halogens is 1. The SMILES string of the molecule is COCCN(CCOC)c1nc2ccccn2c1CBr. The van der Waals surface area contributed by atoms with Gasteiger partial charge in [-0.2, -0.15) is 0 Å². The summed E-state index contributed by atoms with van der Waals surface area (Å²) >= 11 is 3.56. The van der Waals surface area contributed by atoms with Gasteiger partial charge in [-0.1, -0.05) is 22.0 Å². The Morgan fingerprint density at radius 1 is 1.20 bits per heavy atom. The van der Waals surface area contributed by atoms with E-state index in [1.165, 1.54) is 0 Å². The van der Waals surface area contributed by atoms with Crippen LogP contribution in [0.2, 0.25) is 0 Å². The number of rotatable bonds is 8. The quantitative estimate of drug-likeness (QED) is 0.691. The number of alkyl halides is 1. The maximum absolute atomic E-state index is 5.19. The number of anilines is 1. The van der Waals surface area contributed by atoms with Gasteiger partial charge in [0.25, 0.3) is 0 Å². The van der Waals surface area contributed by atoms with Gasteiger partial charge in [0.2, 0.25) is 0 Å². The molecule has 0 aliphatic rings. The first-order valence-electron chi connectivity index (χ1n) is 6.56. The zero-order chi connectivity index (χ0) is 14.4. The highest BCUT2D eigenvalue weighted by Crippen LogP contribution is 2.23. The smallest absolute Gasteiger partial charge is 0.152 e. The fourth-order valence-corrected chi connectivity index (χ4v) is 2.66. The monoisotopic (exact) mass is 341 g/mol. The van der Waals surface area contributed by atoms with Crippen molar-refractivity contribution >= 4 is 27.4 Å². The average Bonchev–Trinajstić information content (AvgIpc) is 2.85.